The summed E-state index contributed by atoms with van der Waals surface area (Å²) in [5.41, 5.74) is 1.44. The molecule has 1 heteroatoms. The zero-order valence-corrected chi connectivity index (χ0v) is 17.7. The highest BCUT2D eigenvalue weighted by atomic mass is 19.0. The largest absolute Gasteiger partial charge is 0.269 e. The maximum Gasteiger partial charge on any atom is 0 e. The molecule has 0 amide bonds. The van der Waals surface area contributed by atoms with Gasteiger partial charge in [-0.15, -0.1) is 0 Å². The lowest BCUT2D eigenvalue weighted by Crippen LogP contribution is -2.23. The molecule has 3 aliphatic rings. The van der Waals surface area contributed by atoms with Crippen molar-refractivity contribution in [1.82, 2.24) is 0 Å². The highest BCUT2D eigenvalue weighted by Crippen LogP contribution is 2.42. The molecule has 0 heterocycles. The van der Waals surface area contributed by atoms with Crippen LogP contribution in [0.2, 0.25) is 0 Å². The molecular formula is C26H51F. The van der Waals surface area contributed by atoms with Crippen LogP contribution in [0.4, 0.5) is 4.70 Å². The third-order valence-corrected chi connectivity index (χ3v) is 8.39. The molecule has 3 rings (SSSR count). The van der Waals surface area contributed by atoms with Gasteiger partial charge in [-0.3, -0.25) is 4.70 Å². The van der Waals surface area contributed by atoms with Crippen LogP contribution in [0.3, 0.4) is 0 Å². The Morgan fingerprint density at radius 1 is 0.667 bits per heavy atom. The van der Waals surface area contributed by atoms with Gasteiger partial charge in [0.25, 0.3) is 0 Å². The summed E-state index contributed by atoms with van der Waals surface area (Å²) in [7, 11) is 0. The zero-order chi connectivity index (χ0) is 17.6. The van der Waals surface area contributed by atoms with Crippen molar-refractivity contribution >= 4 is 0 Å². The average Bonchev–Trinajstić information content (AvgIpc) is 2.64. The molecule has 0 aromatic rings. The number of rotatable bonds is 6. The Balaban J connectivity index is 0.00000243. The smallest absolute Gasteiger partial charge is 0 e. The molecule has 0 N–H and O–H groups in total. The van der Waals surface area contributed by atoms with Crippen molar-refractivity contribution in [3.8, 4) is 0 Å². The van der Waals surface area contributed by atoms with E-state index in [-0.39, 0.29) is 13.6 Å². The maximum atomic E-state index is 4.18. The topological polar surface area (TPSA) is 0 Å². The molecule has 0 saturated heterocycles. The predicted molar refractivity (Wildman–Crippen MR) is 122 cm³/mol. The quantitative estimate of drug-likeness (QED) is 0.401. The van der Waals surface area contributed by atoms with Crippen LogP contribution in [-0.2, 0) is 0 Å². The minimum Gasteiger partial charge on any atom is -0.269 e. The van der Waals surface area contributed by atoms with Crippen LogP contribution in [0.25, 0.3) is 0 Å². The van der Waals surface area contributed by atoms with Gasteiger partial charge in [0.15, 0.2) is 0 Å². The van der Waals surface area contributed by atoms with Crippen molar-refractivity contribution in [2.75, 3.05) is 0 Å². The maximum absolute atomic E-state index is 4.18. The lowest BCUT2D eigenvalue weighted by atomic mass is 9.70. The fraction of sp³-hybridized carbons (Fsp3) is 0.923. The third-order valence-electron chi connectivity index (χ3n) is 8.39. The Hall–Kier alpha value is -0.330. The number of halogens is 1. The molecule has 0 unspecified atom stereocenters. The van der Waals surface area contributed by atoms with Crippen LogP contribution in [0.5, 0.6) is 0 Å². The minimum absolute atomic E-state index is 0. The van der Waals surface area contributed by atoms with Gasteiger partial charge in [-0.1, -0.05) is 84.3 Å². The zero-order valence-electron chi connectivity index (χ0n) is 17.7. The second-order valence-corrected chi connectivity index (χ2v) is 10.2. The summed E-state index contributed by atoms with van der Waals surface area (Å²) in [4.78, 5) is 0. The Morgan fingerprint density at radius 2 is 0.963 bits per heavy atom. The SMILES string of the molecule is C.C=C(C)C1CCC(CC2CCC(CC3CCC(CC)CC3)CC2)CC1.F.[2HH]. The monoisotopic (exact) mass is 383 g/mol. The van der Waals surface area contributed by atoms with E-state index < -0.39 is 0 Å². The van der Waals surface area contributed by atoms with E-state index >= 15 is 0 Å². The van der Waals surface area contributed by atoms with E-state index in [1.807, 2.05) is 0 Å². The summed E-state index contributed by atoms with van der Waals surface area (Å²) < 4.78 is 0. The fourth-order valence-electron chi connectivity index (χ4n) is 6.41. The van der Waals surface area contributed by atoms with Crippen molar-refractivity contribution in [2.45, 2.75) is 118 Å². The summed E-state index contributed by atoms with van der Waals surface area (Å²) in [5.74, 6) is 6.18. The van der Waals surface area contributed by atoms with Crippen LogP contribution in [0.15, 0.2) is 12.2 Å². The Morgan fingerprint density at radius 3 is 1.26 bits per heavy atom. The highest BCUT2D eigenvalue weighted by molar-refractivity contribution is 4.98. The van der Waals surface area contributed by atoms with Crippen molar-refractivity contribution < 1.29 is 6.13 Å². The Bertz CT molecular complexity index is 397. The number of allylic oxidation sites excluding steroid dienone is 1. The molecule has 0 atom stereocenters. The van der Waals surface area contributed by atoms with Crippen molar-refractivity contribution in [3.63, 3.8) is 0 Å². The molecule has 0 aromatic heterocycles. The third kappa shape index (κ3) is 7.54. The first-order chi connectivity index (χ1) is 12.1. The van der Waals surface area contributed by atoms with Crippen molar-refractivity contribution in [2.24, 2.45) is 35.5 Å². The molecule has 0 aliphatic heterocycles. The van der Waals surface area contributed by atoms with E-state index in [4.69, 9.17) is 0 Å². The molecule has 0 bridgehead atoms. The van der Waals surface area contributed by atoms with E-state index in [1.165, 1.54) is 50.5 Å². The van der Waals surface area contributed by atoms with Gasteiger partial charge in [-0.25, -0.2) is 0 Å². The van der Waals surface area contributed by atoms with Gasteiger partial charge in [0.05, 0.1) is 0 Å². The number of hydrogen-bond acceptors (Lipinski definition) is 0. The molecule has 162 valence electrons. The second-order valence-electron chi connectivity index (χ2n) is 10.2. The molecule has 3 fully saturated rings. The van der Waals surface area contributed by atoms with Crippen LogP contribution in [0.1, 0.15) is 119 Å². The summed E-state index contributed by atoms with van der Waals surface area (Å²) in [5, 5.41) is 0. The first-order valence-corrected chi connectivity index (χ1v) is 11.8. The van der Waals surface area contributed by atoms with Crippen LogP contribution in [-0.4, -0.2) is 0 Å². The predicted octanol–water partition coefficient (Wildman–Crippen LogP) is 9.21. The van der Waals surface area contributed by atoms with Gasteiger partial charge in [-0.2, -0.15) is 0 Å². The van der Waals surface area contributed by atoms with E-state index in [9.17, 15) is 0 Å². The molecule has 27 heavy (non-hydrogen) atoms. The number of hydrogen-bond donors (Lipinski definition) is 0. The Labute approximate surface area is 171 Å². The first-order valence-electron chi connectivity index (χ1n) is 11.8. The van der Waals surface area contributed by atoms with Gasteiger partial charge >= 0.3 is 0 Å². The molecule has 0 aromatic carbocycles. The van der Waals surface area contributed by atoms with Crippen molar-refractivity contribution in [3.05, 3.63) is 12.2 Å². The van der Waals surface area contributed by atoms with Crippen LogP contribution in [0, 0.1) is 35.5 Å². The van der Waals surface area contributed by atoms with Gasteiger partial charge in [0.1, 0.15) is 0 Å². The summed E-state index contributed by atoms with van der Waals surface area (Å²) in [6.45, 7) is 8.81. The Kier molecular flexibility index (Phi) is 11.2. The van der Waals surface area contributed by atoms with Crippen molar-refractivity contribution in [1.29, 1.82) is 0 Å². The summed E-state index contributed by atoms with van der Waals surface area (Å²) in [6, 6.07) is 0. The lowest BCUT2D eigenvalue weighted by molar-refractivity contribution is 0.167. The standard InChI is InChI=1S/C25H44.CH4.FH.H2/c1-4-20-5-7-21(8-6-20)17-22-9-11-23(12-10-22)18-24-13-15-25(16-14-24)19(2)3;;;/h20-25H,2,4-18H2,1,3H3;1H4;2*1H/i;;;1+1. The van der Waals surface area contributed by atoms with E-state index in [0.717, 1.165) is 35.5 Å². The molecule has 0 radical (unpaired) electrons. The van der Waals surface area contributed by atoms with Gasteiger partial charge in [0.2, 0.25) is 0 Å². The fourth-order valence-corrected chi connectivity index (χ4v) is 6.41. The molecule has 0 nitrogen and oxygen atoms in total. The van der Waals surface area contributed by atoms with Gasteiger partial charge in [-0.05, 0) is 81.0 Å². The van der Waals surface area contributed by atoms with Crippen LogP contribution < -0.4 is 0 Å². The van der Waals surface area contributed by atoms with E-state index in [2.05, 4.69) is 20.4 Å². The second kappa shape index (κ2) is 12.3. The lowest BCUT2D eigenvalue weighted by Gasteiger charge is -2.36. The van der Waals surface area contributed by atoms with Crippen LogP contribution >= 0.6 is 0 Å². The highest BCUT2D eigenvalue weighted by Gasteiger charge is 2.29. The molecule has 3 aliphatic carbocycles. The minimum atomic E-state index is 0. The van der Waals surface area contributed by atoms with E-state index in [1.54, 1.807) is 51.4 Å². The first kappa shape index (κ1) is 24.7. The normalized spacial score (nSPS) is 37.0. The molecule has 0 spiro atoms. The van der Waals surface area contributed by atoms with E-state index in [0.29, 0.717) is 0 Å². The average molecular weight is 384 g/mol. The van der Waals surface area contributed by atoms with Gasteiger partial charge < -0.3 is 0 Å². The molecular weight excluding hydrogens is 331 g/mol. The molecule has 3 saturated carbocycles. The summed E-state index contributed by atoms with van der Waals surface area (Å²) in [6.07, 6.45) is 22.7. The van der Waals surface area contributed by atoms with Gasteiger partial charge in [0, 0.05) is 1.43 Å². The summed E-state index contributed by atoms with van der Waals surface area (Å²) >= 11 is 0.